The predicted molar refractivity (Wildman–Crippen MR) is 52.5 cm³/mol. The molecule has 6 N–H and O–H groups in total. The first-order chi connectivity index (χ1) is 6.00. The van der Waals surface area contributed by atoms with Crippen LogP contribution in [-0.4, -0.2) is 70.5 Å². The van der Waals surface area contributed by atoms with Gasteiger partial charge in [0.1, 0.15) is 0 Å². The van der Waals surface area contributed by atoms with Crippen LogP contribution in [0, 0.1) is 0 Å². The molecular weight excluding hydrogens is 363 g/mol. The second-order valence-electron chi connectivity index (χ2n) is 1.34. The Morgan fingerprint density at radius 2 is 0.438 bits per heavy atom. The van der Waals surface area contributed by atoms with Gasteiger partial charge in [0.25, 0.3) is 0 Å². The van der Waals surface area contributed by atoms with Crippen LogP contribution in [0.1, 0.15) is 0 Å². The Hall–Kier alpha value is 0.168. The molecule has 0 fully saturated rings. The van der Waals surface area contributed by atoms with Crippen molar-refractivity contribution in [3.05, 3.63) is 0 Å². The minimum atomic E-state index is -4.67. The zero-order chi connectivity index (χ0) is 13.5. The molecule has 0 aromatic carbocycles. The molecule has 1 atom stereocenters. The first-order valence-corrected chi connectivity index (χ1v) is 6.29. The van der Waals surface area contributed by atoms with Crippen molar-refractivity contribution in [1.29, 1.82) is 0 Å². The van der Waals surface area contributed by atoms with Gasteiger partial charge < -0.3 is 0 Å². The molecule has 104 valence electrons. The number of rotatable bonds is 0. The van der Waals surface area contributed by atoms with E-state index < -0.39 is 31.2 Å². The summed E-state index contributed by atoms with van der Waals surface area (Å²) >= 11 is 0. The number of hydrogen-bond acceptors (Lipinski definition) is 6. The molecule has 0 radical (unpaired) electrons. The summed E-state index contributed by atoms with van der Waals surface area (Å²) in [5.74, 6) is 0. The molecule has 0 aromatic rings. The van der Waals surface area contributed by atoms with Gasteiger partial charge in [0.2, 0.25) is 0 Å². The van der Waals surface area contributed by atoms with Crippen LogP contribution in [0.4, 0.5) is 0 Å². The molecule has 1 unspecified atom stereocenters. The fourth-order valence-corrected chi connectivity index (χ4v) is 0. The average Bonchev–Trinajstić information content (AvgIpc) is 1.41. The van der Waals surface area contributed by atoms with Crippen LogP contribution in [0.15, 0.2) is 0 Å². The van der Waals surface area contributed by atoms with Crippen molar-refractivity contribution >= 4 is 49.2 Å². The van der Waals surface area contributed by atoms with Gasteiger partial charge >= 0.3 is 49.2 Å². The van der Waals surface area contributed by atoms with Gasteiger partial charge in [0.15, 0.2) is 0 Å². The standard InChI is InChI=1S/AsH3.3H2O4S/c;3*1-5(2,3)4/h1H3;3*(H2,1,2,3,4). The van der Waals surface area contributed by atoms with E-state index in [0.717, 1.165) is 0 Å². The van der Waals surface area contributed by atoms with E-state index in [-0.39, 0.29) is 18.0 Å². The van der Waals surface area contributed by atoms with E-state index in [0.29, 0.717) is 0 Å². The summed E-state index contributed by atoms with van der Waals surface area (Å²) in [7, 11) is -14.0. The Morgan fingerprint density at radius 3 is 0.438 bits per heavy atom. The molecule has 0 heterocycles. The van der Waals surface area contributed by atoms with Crippen molar-refractivity contribution < 1.29 is 52.6 Å². The van der Waals surface area contributed by atoms with Gasteiger partial charge in [0.05, 0.1) is 0 Å². The molecular formula is H9AsO12S3. The molecule has 16 heteroatoms. The first-order valence-electron chi connectivity index (χ1n) is 2.10. The molecule has 0 aliphatic carbocycles. The van der Waals surface area contributed by atoms with Crippen LogP contribution in [0.2, 0.25) is 0 Å². The van der Waals surface area contributed by atoms with Crippen LogP contribution < -0.4 is 0 Å². The van der Waals surface area contributed by atoms with Gasteiger partial charge in [-0.2, -0.15) is 25.3 Å². The van der Waals surface area contributed by atoms with Gasteiger partial charge in [-0.15, -0.1) is 0 Å². The molecule has 0 bridgehead atoms. The van der Waals surface area contributed by atoms with E-state index >= 15 is 0 Å². The summed E-state index contributed by atoms with van der Waals surface area (Å²) in [6, 6.07) is 0. The zero-order valence-corrected chi connectivity index (χ0v) is 12.5. The molecule has 0 aromatic heterocycles. The number of hydrogen-bond donors (Lipinski definition) is 6. The molecule has 16 heavy (non-hydrogen) atoms. The van der Waals surface area contributed by atoms with E-state index in [1.165, 1.54) is 0 Å². The fourth-order valence-electron chi connectivity index (χ4n) is 0. The molecule has 0 amide bonds. The van der Waals surface area contributed by atoms with Gasteiger partial charge in [0, 0.05) is 0 Å². The molecule has 12 nitrogen and oxygen atoms in total. The van der Waals surface area contributed by atoms with Crippen molar-refractivity contribution in [2.45, 2.75) is 0 Å². The van der Waals surface area contributed by atoms with E-state index in [9.17, 15) is 0 Å². The quantitative estimate of drug-likeness (QED) is 0.183. The SMILES string of the molecule is O=S(=O)(O)O.O=S(=O)(O)O.O=S(=O)(O)O.[AsH3]. The summed E-state index contributed by atoms with van der Waals surface area (Å²) in [6.07, 6.45) is 0. The van der Waals surface area contributed by atoms with Crippen LogP contribution in [0.25, 0.3) is 0 Å². The molecule has 0 saturated carbocycles. The molecule has 0 aliphatic heterocycles. The Bertz CT molecular complexity index is 337. The second-order valence-corrected chi connectivity index (χ2v) is 4.03. The minimum absolute atomic E-state index is 0. The topological polar surface area (TPSA) is 224 Å². The van der Waals surface area contributed by atoms with Gasteiger partial charge in [-0.3, -0.25) is 27.3 Å². The maximum absolute atomic E-state index is 8.74. The van der Waals surface area contributed by atoms with Crippen molar-refractivity contribution in [2.24, 2.45) is 0 Å². The Kier molecular flexibility index (Phi) is 14.5. The van der Waals surface area contributed by atoms with Crippen LogP contribution in [0.3, 0.4) is 0 Å². The molecule has 0 saturated heterocycles. The third-order valence-electron chi connectivity index (χ3n) is 0. The van der Waals surface area contributed by atoms with E-state index in [1.807, 2.05) is 0 Å². The maximum atomic E-state index is 8.74. The van der Waals surface area contributed by atoms with Crippen molar-refractivity contribution in [3.8, 4) is 0 Å². The fraction of sp³-hybridized carbons (Fsp3) is 0. The zero-order valence-electron chi connectivity index (χ0n) is 7.06. The normalized spacial score (nSPS) is 10.9. The van der Waals surface area contributed by atoms with Gasteiger partial charge in [-0.25, -0.2) is 0 Å². The van der Waals surface area contributed by atoms with Gasteiger partial charge in [-0.05, 0) is 0 Å². The summed E-state index contributed by atoms with van der Waals surface area (Å²) in [6.45, 7) is 0. The summed E-state index contributed by atoms with van der Waals surface area (Å²) < 4.78 is 94.8. The first kappa shape index (κ1) is 25.1. The predicted octanol–water partition coefficient (Wildman–Crippen LogP) is -3.14. The molecule has 0 spiro atoms. The van der Waals surface area contributed by atoms with E-state index in [1.54, 1.807) is 0 Å². The van der Waals surface area contributed by atoms with Crippen LogP contribution in [0.5, 0.6) is 0 Å². The van der Waals surface area contributed by atoms with E-state index in [4.69, 9.17) is 52.6 Å². The monoisotopic (exact) mass is 372 g/mol. The summed E-state index contributed by atoms with van der Waals surface area (Å²) in [5.41, 5.74) is 0. The Morgan fingerprint density at radius 1 is 0.438 bits per heavy atom. The van der Waals surface area contributed by atoms with E-state index in [2.05, 4.69) is 0 Å². The van der Waals surface area contributed by atoms with Crippen molar-refractivity contribution in [1.82, 2.24) is 0 Å². The Labute approximate surface area is 102 Å². The van der Waals surface area contributed by atoms with Gasteiger partial charge in [-0.1, -0.05) is 0 Å². The molecule has 0 rings (SSSR count). The second kappa shape index (κ2) is 9.22. The third kappa shape index (κ3) is 86600. The Balaban J connectivity index is -0.0000000655. The average molecular weight is 372 g/mol. The van der Waals surface area contributed by atoms with Crippen LogP contribution >= 0.6 is 0 Å². The summed E-state index contributed by atoms with van der Waals surface area (Å²) in [4.78, 5) is 0. The third-order valence-corrected chi connectivity index (χ3v) is 0. The molecule has 0 aliphatic rings. The van der Waals surface area contributed by atoms with Crippen molar-refractivity contribution in [2.75, 3.05) is 0 Å². The summed E-state index contributed by atoms with van der Waals surface area (Å²) in [5, 5.41) is 0. The van der Waals surface area contributed by atoms with Crippen LogP contribution in [-0.2, 0) is 31.2 Å². The van der Waals surface area contributed by atoms with Crippen molar-refractivity contribution in [3.63, 3.8) is 0 Å².